The quantitative estimate of drug-likeness (QED) is 0.795. The topological polar surface area (TPSA) is 70.4 Å². The van der Waals surface area contributed by atoms with Crippen molar-refractivity contribution in [1.29, 1.82) is 0 Å². The molecule has 0 amide bonds. The zero-order valence-corrected chi connectivity index (χ0v) is 11.9. The van der Waals surface area contributed by atoms with E-state index in [0.717, 1.165) is 0 Å². The van der Waals surface area contributed by atoms with E-state index in [4.69, 9.17) is 9.05 Å². The van der Waals surface area contributed by atoms with Crippen LogP contribution in [0.15, 0.2) is 29.1 Å². The van der Waals surface area contributed by atoms with Crippen molar-refractivity contribution in [3.05, 3.63) is 34.6 Å². The van der Waals surface area contributed by atoms with Gasteiger partial charge >= 0.3 is 7.60 Å². The van der Waals surface area contributed by atoms with Crippen LogP contribution in [0.1, 0.15) is 6.92 Å². The van der Waals surface area contributed by atoms with Gasteiger partial charge in [-0.25, -0.2) is 4.98 Å². The van der Waals surface area contributed by atoms with Crippen molar-refractivity contribution in [2.24, 2.45) is 0 Å². The molecule has 0 spiro atoms. The molecule has 0 saturated heterocycles. The summed E-state index contributed by atoms with van der Waals surface area (Å²) in [7, 11) is -1.19. The van der Waals surface area contributed by atoms with Crippen LogP contribution in [0.25, 0.3) is 11.0 Å². The molecule has 0 bridgehead atoms. The second-order valence-electron chi connectivity index (χ2n) is 3.84. The molecular formula is C12H15N2O4P. The highest BCUT2D eigenvalue weighted by atomic mass is 31.2. The van der Waals surface area contributed by atoms with E-state index in [9.17, 15) is 9.36 Å². The van der Waals surface area contributed by atoms with Crippen LogP contribution in [-0.4, -0.2) is 23.8 Å². The molecule has 0 aliphatic rings. The Morgan fingerprint density at radius 2 is 1.89 bits per heavy atom. The number of benzene rings is 1. The first-order valence-electron chi connectivity index (χ1n) is 5.79. The third-order valence-corrected chi connectivity index (χ3v) is 4.66. The molecule has 0 aliphatic carbocycles. The van der Waals surface area contributed by atoms with Crippen molar-refractivity contribution in [2.45, 2.75) is 13.5 Å². The summed E-state index contributed by atoms with van der Waals surface area (Å²) >= 11 is 0. The van der Waals surface area contributed by atoms with Crippen LogP contribution >= 0.6 is 7.60 Å². The van der Waals surface area contributed by atoms with E-state index in [2.05, 4.69) is 4.98 Å². The minimum Gasteiger partial charge on any atom is -0.307 e. The highest BCUT2D eigenvalue weighted by molar-refractivity contribution is 7.61. The molecule has 0 aliphatic heterocycles. The van der Waals surface area contributed by atoms with Crippen molar-refractivity contribution >= 4 is 24.1 Å². The number of hydrogen-bond donors (Lipinski definition) is 0. The lowest BCUT2D eigenvalue weighted by Crippen LogP contribution is -2.37. The molecule has 1 aromatic heterocycles. The summed E-state index contributed by atoms with van der Waals surface area (Å²) in [5.41, 5.74) is 0.636. The van der Waals surface area contributed by atoms with Crippen LogP contribution < -0.4 is 11.0 Å². The van der Waals surface area contributed by atoms with Gasteiger partial charge in [0, 0.05) is 20.8 Å². The largest absolute Gasteiger partial charge is 0.384 e. The fourth-order valence-corrected chi connectivity index (χ4v) is 3.00. The molecule has 2 rings (SSSR count). The second kappa shape index (κ2) is 5.25. The van der Waals surface area contributed by atoms with E-state index in [0.29, 0.717) is 17.6 Å². The molecule has 0 N–H and O–H groups in total. The SMILES string of the molecule is CCn1c(=O)c(P(=O)(OC)OC)nc2ccccc21. The zero-order valence-electron chi connectivity index (χ0n) is 11.0. The third kappa shape index (κ3) is 2.23. The number of hydrogen-bond acceptors (Lipinski definition) is 5. The van der Waals surface area contributed by atoms with Crippen LogP contribution in [-0.2, 0) is 20.2 Å². The van der Waals surface area contributed by atoms with E-state index < -0.39 is 13.2 Å². The lowest BCUT2D eigenvalue weighted by molar-refractivity contribution is 0.286. The first-order valence-corrected chi connectivity index (χ1v) is 7.33. The molecule has 1 heterocycles. The van der Waals surface area contributed by atoms with Gasteiger partial charge in [0.05, 0.1) is 11.0 Å². The summed E-state index contributed by atoms with van der Waals surface area (Å²) < 4.78 is 23.6. The Morgan fingerprint density at radius 1 is 1.26 bits per heavy atom. The Labute approximate surface area is 110 Å². The smallest absolute Gasteiger partial charge is 0.307 e. The van der Waals surface area contributed by atoms with Crippen LogP contribution in [0.3, 0.4) is 0 Å². The second-order valence-corrected chi connectivity index (χ2v) is 5.98. The lowest BCUT2D eigenvalue weighted by atomic mass is 10.3. The van der Waals surface area contributed by atoms with Crippen molar-refractivity contribution in [3.8, 4) is 0 Å². The molecule has 0 radical (unpaired) electrons. The molecule has 19 heavy (non-hydrogen) atoms. The van der Waals surface area contributed by atoms with E-state index in [1.807, 2.05) is 13.0 Å². The van der Waals surface area contributed by atoms with E-state index >= 15 is 0 Å². The molecule has 102 valence electrons. The maximum atomic E-state index is 12.4. The standard InChI is InChI=1S/C12H15N2O4P/c1-4-14-10-8-6-5-7-9(10)13-11(12(14)15)19(16,17-2)18-3/h5-8H,4H2,1-3H3. The van der Waals surface area contributed by atoms with Crippen LogP contribution in [0.4, 0.5) is 0 Å². The maximum Gasteiger partial charge on any atom is 0.384 e. The van der Waals surface area contributed by atoms with E-state index in [1.165, 1.54) is 18.8 Å². The van der Waals surface area contributed by atoms with Gasteiger partial charge in [0.15, 0.2) is 0 Å². The van der Waals surface area contributed by atoms with Gasteiger partial charge in [-0.3, -0.25) is 9.36 Å². The van der Waals surface area contributed by atoms with Gasteiger partial charge in [0.25, 0.3) is 5.56 Å². The number of aryl methyl sites for hydroxylation is 1. The van der Waals surface area contributed by atoms with Crippen LogP contribution in [0, 0.1) is 0 Å². The van der Waals surface area contributed by atoms with Crippen LogP contribution in [0.5, 0.6) is 0 Å². The highest BCUT2D eigenvalue weighted by Gasteiger charge is 2.31. The van der Waals surface area contributed by atoms with Gasteiger partial charge in [-0.05, 0) is 19.1 Å². The fourth-order valence-electron chi connectivity index (χ4n) is 1.92. The van der Waals surface area contributed by atoms with Gasteiger partial charge in [0.1, 0.15) is 0 Å². The van der Waals surface area contributed by atoms with Gasteiger partial charge < -0.3 is 13.6 Å². The monoisotopic (exact) mass is 282 g/mol. The Morgan fingerprint density at radius 3 is 2.47 bits per heavy atom. The normalized spacial score (nSPS) is 11.9. The number of aromatic nitrogens is 2. The Balaban J connectivity index is 2.88. The molecule has 0 fully saturated rings. The van der Waals surface area contributed by atoms with Gasteiger partial charge in [-0.1, -0.05) is 12.1 Å². The van der Waals surface area contributed by atoms with Crippen molar-refractivity contribution < 1.29 is 13.6 Å². The van der Waals surface area contributed by atoms with Gasteiger partial charge in [-0.15, -0.1) is 0 Å². The Bertz CT molecular complexity index is 702. The van der Waals surface area contributed by atoms with E-state index in [1.54, 1.807) is 18.2 Å². The first kappa shape index (κ1) is 13.9. The summed E-state index contributed by atoms with van der Waals surface area (Å²) in [6.07, 6.45) is 0. The van der Waals surface area contributed by atoms with Crippen molar-refractivity contribution in [2.75, 3.05) is 14.2 Å². The Kier molecular flexibility index (Phi) is 3.85. The predicted octanol–water partition coefficient (Wildman–Crippen LogP) is 1.53. The minimum atomic E-state index is -3.66. The molecule has 7 heteroatoms. The van der Waals surface area contributed by atoms with Gasteiger partial charge in [0.2, 0.25) is 5.44 Å². The summed E-state index contributed by atoms with van der Waals surface area (Å²) in [5, 5.41) is 0. The number of nitrogens with zero attached hydrogens (tertiary/aromatic N) is 2. The molecular weight excluding hydrogens is 267 g/mol. The lowest BCUT2D eigenvalue weighted by Gasteiger charge is -2.15. The summed E-state index contributed by atoms with van der Waals surface area (Å²) in [6.45, 7) is 2.28. The molecule has 6 nitrogen and oxygen atoms in total. The number of rotatable bonds is 4. The predicted molar refractivity (Wildman–Crippen MR) is 72.9 cm³/mol. The maximum absolute atomic E-state index is 12.4. The number of fused-ring (bicyclic) bond motifs is 1. The fraction of sp³-hybridized carbons (Fsp3) is 0.333. The minimum absolute atomic E-state index is 0.182. The molecule has 0 atom stereocenters. The molecule has 0 unspecified atom stereocenters. The molecule has 2 aromatic rings. The number of para-hydroxylation sites is 2. The zero-order chi connectivity index (χ0) is 14.0. The van der Waals surface area contributed by atoms with Crippen molar-refractivity contribution in [1.82, 2.24) is 9.55 Å². The molecule has 1 aromatic carbocycles. The summed E-state index contributed by atoms with van der Waals surface area (Å²) in [5.74, 6) is 0. The van der Waals surface area contributed by atoms with Crippen molar-refractivity contribution in [3.63, 3.8) is 0 Å². The average molecular weight is 282 g/mol. The first-order chi connectivity index (χ1) is 9.07. The van der Waals surface area contributed by atoms with E-state index in [-0.39, 0.29) is 5.44 Å². The third-order valence-electron chi connectivity index (χ3n) is 2.89. The van der Waals surface area contributed by atoms with Crippen LogP contribution in [0.2, 0.25) is 0 Å². The van der Waals surface area contributed by atoms with Gasteiger partial charge in [-0.2, -0.15) is 0 Å². The average Bonchev–Trinajstić information content (AvgIpc) is 2.46. The Hall–Kier alpha value is -1.49. The summed E-state index contributed by atoms with van der Waals surface area (Å²) in [4.78, 5) is 16.5. The molecule has 0 saturated carbocycles. The highest BCUT2D eigenvalue weighted by Crippen LogP contribution is 2.43. The summed E-state index contributed by atoms with van der Waals surface area (Å²) in [6, 6.07) is 7.16.